The van der Waals surface area contributed by atoms with Crippen LogP contribution in [-0.4, -0.2) is 18.6 Å². The number of aromatic nitrogens is 2. The number of anilines is 1. The normalized spacial score (nSPS) is 11.7. The molecule has 4 N–H and O–H groups in total. The summed E-state index contributed by atoms with van der Waals surface area (Å²) in [6.07, 6.45) is 0. The standard InChI is InChI=1S/C11H11BrF2N4O2S/c1-5-11(10(4-15)17-16-5)21(19,20)18-9-3-7(13)6(12)2-8(9)14/h2-3,18H,4,15H2,1H3,(H,16,17). The molecule has 0 aliphatic carbocycles. The van der Waals surface area contributed by atoms with Crippen LogP contribution in [0.25, 0.3) is 0 Å². The molecule has 0 radical (unpaired) electrons. The monoisotopic (exact) mass is 380 g/mol. The molecule has 0 aliphatic heterocycles. The van der Waals surface area contributed by atoms with Crippen LogP contribution >= 0.6 is 15.9 Å². The molecule has 1 aromatic heterocycles. The van der Waals surface area contributed by atoms with Crippen molar-refractivity contribution >= 4 is 31.6 Å². The van der Waals surface area contributed by atoms with Crippen LogP contribution < -0.4 is 10.5 Å². The molecule has 0 unspecified atom stereocenters. The predicted octanol–water partition coefficient (Wildman–Crippen LogP) is 2.02. The van der Waals surface area contributed by atoms with Gasteiger partial charge in [-0.3, -0.25) is 9.82 Å². The SMILES string of the molecule is Cc1[nH]nc(CN)c1S(=O)(=O)Nc1cc(F)c(Br)cc1F. The van der Waals surface area contributed by atoms with E-state index in [-0.39, 0.29) is 27.3 Å². The summed E-state index contributed by atoms with van der Waals surface area (Å²) in [7, 11) is -4.14. The molecule has 114 valence electrons. The molecular formula is C11H11BrF2N4O2S. The van der Waals surface area contributed by atoms with E-state index in [1.807, 2.05) is 4.72 Å². The quantitative estimate of drug-likeness (QED) is 0.706. The predicted molar refractivity (Wildman–Crippen MR) is 76.1 cm³/mol. The van der Waals surface area contributed by atoms with Crippen molar-refractivity contribution < 1.29 is 17.2 Å². The smallest absolute Gasteiger partial charge is 0.265 e. The van der Waals surface area contributed by atoms with E-state index in [1.54, 1.807) is 0 Å². The fraction of sp³-hybridized carbons (Fsp3) is 0.182. The van der Waals surface area contributed by atoms with Gasteiger partial charge >= 0.3 is 0 Å². The Morgan fingerprint density at radius 3 is 2.67 bits per heavy atom. The number of aromatic amines is 1. The second kappa shape index (κ2) is 5.70. The molecule has 21 heavy (non-hydrogen) atoms. The Hall–Kier alpha value is -1.52. The molecule has 0 bridgehead atoms. The Kier molecular flexibility index (Phi) is 4.30. The summed E-state index contributed by atoms with van der Waals surface area (Å²) in [5.74, 6) is -1.71. The lowest BCUT2D eigenvalue weighted by Gasteiger charge is -2.10. The van der Waals surface area contributed by atoms with Gasteiger partial charge < -0.3 is 5.73 Å². The third kappa shape index (κ3) is 3.06. The highest BCUT2D eigenvalue weighted by molar-refractivity contribution is 9.10. The molecular weight excluding hydrogens is 370 g/mol. The van der Waals surface area contributed by atoms with E-state index in [1.165, 1.54) is 6.92 Å². The lowest BCUT2D eigenvalue weighted by molar-refractivity contribution is 0.591. The number of H-pyrrole nitrogens is 1. The van der Waals surface area contributed by atoms with Crippen molar-refractivity contribution in [2.75, 3.05) is 4.72 Å². The first-order valence-electron chi connectivity index (χ1n) is 5.67. The van der Waals surface area contributed by atoms with Crippen LogP contribution in [-0.2, 0) is 16.6 Å². The van der Waals surface area contributed by atoms with Gasteiger partial charge in [0.1, 0.15) is 16.5 Å². The van der Waals surface area contributed by atoms with Crippen LogP contribution in [0.2, 0.25) is 0 Å². The third-order valence-electron chi connectivity index (χ3n) is 2.68. The molecule has 2 aromatic rings. The zero-order valence-electron chi connectivity index (χ0n) is 10.7. The van der Waals surface area contributed by atoms with Crippen LogP contribution in [0, 0.1) is 18.6 Å². The minimum absolute atomic E-state index is 0.106. The van der Waals surface area contributed by atoms with Crippen molar-refractivity contribution in [3.63, 3.8) is 0 Å². The minimum Gasteiger partial charge on any atom is -0.325 e. The van der Waals surface area contributed by atoms with Crippen LogP contribution in [0.5, 0.6) is 0 Å². The fourth-order valence-corrected chi connectivity index (χ4v) is 3.51. The summed E-state index contributed by atoms with van der Waals surface area (Å²) < 4.78 is 53.6. The highest BCUT2D eigenvalue weighted by Gasteiger charge is 2.25. The van der Waals surface area contributed by atoms with E-state index in [0.717, 1.165) is 12.1 Å². The largest absolute Gasteiger partial charge is 0.325 e. The number of hydrogen-bond acceptors (Lipinski definition) is 4. The lowest BCUT2D eigenvalue weighted by atomic mass is 10.3. The third-order valence-corrected chi connectivity index (χ3v) is 4.85. The maximum absolute atomic E-state index is 13.7. The number of benzene rings is 1. The molecule has 0 saturated carbocycles. The number of sulfonamides is 1. The number of nitrogens with two attached hydrogens (primary N) is 1. The van der Waals surface area contributed by atoms with Gasteiger partial charge in [-0.15, -0.1) is 0 Å². The number of hydrogen-bond donors (Lipinski definition) is 3. The van der Waals surface area contributed by atoms with Crippen molar-refractivity contribution in [2.24, 2.45) is 5.73 Å². The van der Waals surface area contributed by atoms with Crippen LogP contribution in [0.15, 0.2) is 21.5 Å². The number of nitrogens with one attached hydrogen (secondary N) is 2. The number of halogens is 3. The molecule has 0 atom stereocenters. The second-order valence-electron chi connectivity index (χ2n) is 4.18. The van der Waals surface area contributed by atoms with Gasteiger partial charge in [0.15, 0.2) is 0 Å². The zero-order chi connectivity index (χ0) is 15.8. The summed E-state index contributed by atoms with van der Waals surface area (Å²) in [6, 6.07) is 1.58. The summed E-state index contributed by atoms with van der Waals surface area (Å²) >= 11 is 2.81. The number of aryl methyl sites for hydroxylation is 1. The van der Waals surface area contributed by atoms with E-state index in [0.29, 0.717) is 0 Å². The van der Waals surface area contributed by atoms with E-state index < -0.39 is 27.3 Å². The van der Waals surface area contributed by atoms with E-state index in [2.05, 4.69) is 26.1 Å². The van der Waals surface area contributed by atoms with Gasteiger partial charge in [-0.2, -0.15) is 5.10 Å². The average molecular weight is 381 g/mol. The minimum atomic E-state index is -4.14. The van der Waals surface area contributed by atoms with Crippen molar-refractivity contribution in [1.82, 2.24) is 10.2 Å². The van der Waals surface area contributed by atoms with Crippen molar-refractivity contribution in [3.8, 4) is 0 Å². The van der Waals surface area contributed by atoms with Gasteiger partial charge in [0, 0.05) is 12.6 Å². The van der Waals surface area contributed by atoms with E-state index >= 15 is 0 Å². The van der Waals surface area contributed by atoms with Crippen LogP contribution in [0.3, 0.4) is 0 Å². The Balaban J connectivity index is 2.47. The molecule has 0 fully saturated rings. The van der Waals surface area contributed by atoms with Crippen molar-refractivity contribution in [3.05, 3.63) is 39.6 Å². The Bertz CT molecular complexity index is 792. The summed E-state index contributed by atoms with van der Waals surface area (Å²) in [5, 5.41) is 6.24. The van der Waals surface area contributed by atoms with Crippen molar-refractivity contribution in [2.45, 2.75) is 18.4 Å². The molecule has 0 saturated heterocycles. The first kappa shape index (κ1) is 15.9. The number of nitrogens with zero attached hydrogens (tertiary/aromatic N) is 1. The highest BCUT2D eigenvalue weighted by Crippen LogP contribution is 2.26. The maximum atomic E-state index is 13.7. The zero-order valence-corrected chi connectivity index (χ0v) is 13.1. The Morgan fingerprint density at radius 2 is 2.05 bits per heavy atom. The van der Waals surface area contributed by atoms with Gasteiger partial charge in [-0.05, 0) is 28.9 Å². The van der Waals surface area contributed by atoms with Gasteiger partial charge in [0.05, 0.1) is 21.5 Å². The Labute approximate surface area is 127 Å². The fourth-order valence-electron chi connectivity index (χ4n) is 1.76. The van der Waals surface area contributed by atoms with E-state index in [9.17, 15) is 17.2 Å². The lowest BCUT2D eigenvalue weighted by Crippen LogP contribution is -2.17. The molecule has 0 spiro atoms. The molecule has 2 rings (SSSR count). The first-order chi connectivity index (χ1) is 9.76. The second-order valence-corrected chi connectivity index (χ2v) is 6.65. The molecule has 0 amide bonds. The average Bonchev–Trinajstić information content (AvgIpc) is 2.77. The number of rotatable bonds is 4. The van der Waals surface area contributed by atoms with Gasteiger partial charge in [-0.1, -0.05) is 0 Å². The summed E-state index contributed by atoms with van der Waals surface area (Å²) in [5.41, 5.74) is 5.27. The maximum Gasteiger partial charge on any atom is 0.265 e. The molecule has 1 heterocycles. The van der Waals surface area contributed by atoms with Gasteiger partial charge in [0.2, 0.25) is 0 Å². The van der Waals surface area contributed by atoms with Crippen LogP contribution in [0.4, 0.5) is 14.5 Å². The van der Waals surface area contributed by atoms with Gasteiger partial charge in [-0.25, -0.2) is 17.2 Å². The first-order valence-corrected chi connectivity index (χ1v) is 7.95. The van der Waals surface area contributed by atoms with Crippen LogP contribution in [0.1, 0.15) is 11.4 Å². The van der Waals surface area contributed by atoms with E-state index in [4.69, 9.17) is 5.73 Å². The molecule has 0 aliphatic rings. The Morgan fingerprint density at radius 1 is 1.38 bits per heavy atom. The highest BCUT2D eigenvalue weighted by atomic mass is 79.9. The molecule has 6 nitrogen and oxygen atoms in total. The topological polar surface area (TPSA) is 101 Å². The van der Waals surface area contributed by atoms with Crippen molar-refractivity contribution in [1.29, 1.82) is 0 Å². The molecule has 10 heteroatoms. The summed E-state index contributed by atoms with van der Waals surface area (Å²) in [6.45, 7) is 1.37. The van der Waals surface area contributed by atoms with Gasteiger partial charge in [0.25, 0.3) is 10.0 Å². The molecule has 1 aromatic carbocycles. The summed E-state index contributed by atoms with van der Waals surface area (Å²) in [4.78, 5) is -0.173.